The number of para-hydroxylation sites is 1. The topological polar surface area (TPSA) is 6.48 Å². The maximum Gasteiger partial charge on any atom is 0.0540 e. The van der Waals surface area contributed by atoms with Crippen LogP contribution in [-0.4, -0.2) is 0 Å². The molecule has 10 aromatic rings. The SMILES string of the molecule is c1ccc(-c2ccc(N(c3ccc(-c4cccc(-c5ccccc5)c4)cc3)c3ccc4c(c3)C3(CCCCC3)c3cc(N(c5ccccc5)c5cccc6ccccc56)ccc3-4)cc2)cc1. The van der Waals surface area contributed by atoms with E-state index in [1.807, 2.05) is 0 Å². The van der Waals surface area contributed by atoms with Crippen LogP contribution in [-0.2, 0) is 5.41 Å². The van der Waals surface area contributed by atoms with Crippen molar-refractivity contribution in [3.05, 3.63) is 254 Å². The van der Waals surface area contributed by atoms with Crippen molar-refractivity contribution in [1.82, 2.24) is 0 Å². The Bertz CT molecular complexity index is 3310. The number of benzene rings is 10. The highest BCUT2D eigenvalue weighted by atomic mass is 15.1. The second kappa shape index (κ2) is 16.9. The fourth-order valence-electron chi connectivity index (χ4n) is 11.0. The van der Waals surface area contributed by atoms with E-state index >= 15 is 0 Å². The molecule has 1 spiro atoms. The lowest BCUT2D eigenvalue weighted by molar-refractivity contribution is 0.353. The van der Waals surface area contributed by atoms with Gasteiger partial charge < -0.3 is 9.80 Å². The molecule has 0 aromatic heterocycles. The van der Waals surface area contributed by atoms with Crippen molar-refractivity contribution in [2.75, 3.05) is 9.80 Å². The highest BCUT2D eigenvalue weighted by molar-refractivity contribution is 5.99. The van der Waals surface area contributed by atoms with Gasteiger partial charge in [0, 0.05) is 39.2 Å². The molecule has 0 saturated heterocycles. The van der Waals surface area contributed by atoms with Crippen molar-refractivity contribution >= 4 is 44.9 Å². The second-order valence-electron chi connectivity index (χ2n) is 18.0. The largest absolute Gasteiger partial charge is 0.310 e. The summed E-state index contributed by atoms with van der Waals surface area (Å²) in [6.45, 7) is 0. The lowest BCUT2D eigenvalue weighted by Gasteiger charge is -2.37. The molecule has 0 bridgehead atoms. The molecule has 0 N–H and O–H groups in total. The second-order valence-corrected chi connectivity index (χ2v) is 18.0. The van der Waals surface area contributed by atoms with Gasteiger partial charge in [-0.2, -0.15) is 0 Å². The maximum atomic E-state index is 2.54. The van der Waals surface area contributed by atoms with Crippen molar-refractivity contribution in [2.45, 2.75) is 37.5 Å². The van der Waals surface area contributed by atoms with Crippen LogP contribution in [0.3, 0.4) is 0 Å². The molecule has 0 amide bonds. The van der Waals surface area contributed by atoms with Crippen LogP contribution in [0.15, 0.2) is 243 Å². The summed E-state index contributed by atoms with van der Waals surface area (Å²) in [6, 6.07) is 89.5. The van der Waals surface area contributed by atoms with Crippen LogP contribution < -0.4 is 9.80 Å². The van der Waals surface area contributed by atoms with E-state index in [4.69, 9.17) is 0 Å². The van der Waals surface area contributed by atoms with E-state index in [0.717, 1.165) is 29.9 Å². The van der Waals surface area contributed by atoms with Crippen LogP contribution in [0.5, 0.6) is 0 Å². The number of rotatable bonds is 9. The Kier molecular flexibility index (Phi) is 10.1. The van der Waals surface area contributed by atoms with E-state index in [2.05, 4.69) is 252 Å². The van der Waals surface area contributed by atoms with Gasteiger partial charge in [0.1, 0.15) is 0 Å². The Hall–Kier alpha value is -7.94. The third kappa shape index (κ3) is 7.07. The summed E-state index contributed by atoms with van der Waals surface area (Å²) in [5.74, 6) is 0. The highest BCUT2D eigenvalue weighted by Gasteiger charge is 2.44. The van der Waals surface area contributed by atoms with E-state index in [1.165, 1.54) is 103 Å². The zero-order chi connectivity index (χ0) is 43.9. The molecule has 2 aliphatic carbocycles. The first-order valence-corrected chi connectivity index (χ1v) is 23.5. The summed E-state index contributed by atoms with van der Waals surface area (Å²) in [5, 5.41) is 2.49. The molecule has 1 fully saturated rings. The van der Waals surface area contributed by atoms with Crippen molar-refractivity contribution in [2.24, 2.45) is 0 Å². The normalized spacial score (nSPS) is 13.6. The monoisotopic (exact) mass is 846 g/mol. The van der Waals surface area contributed by atoms with Gasteiger partial charge in [-0.1, -0.05) is 189 Å². The highest BCUT2D eigenvalue weighted by Crippen LogP contribution is 2.58. The van der Waals surface area contributed by atoms with E-state index in [-0.39, 0.29) is 5.41 Å². The van der Waals surface area contributed by atoms with Crippen LogP contribution in [0, 0.1) is 0 Å². The first-order valence-electron chi connectivity index (χ1n) is 23.5. The summed E-state index contributed by atoms with van der Waals surface area (Å²) in [5.41, 5.74) is 19.9. The Morgan fingerprint density at radius 2 is 0.712 bits per heavy atom. The van der Waals surface area contributed by atoms with Gasteiger partial charge in [0.05, 0.1) is 5.69 Å². The van der Waals surface area contributed by atoms with Crippen molar-refractivity contribution in [3.8, 4) is 44.5 Å². The van der Waals surface area contributed by atoms with E-state index < -0.39 is 0 Å². The quantitative estimate of drug-likeness (QED) is 0.143. The number of hydrogen-bond acceptors (Lipinski definition) is 2. The molecule has 0 heterocycles. The molecule has 1 saturated carbocycles. The average molecular weight is 847 g/mol. The van der Waals surface area contributed by atoms with Gasteiger partial charge in [0.15, 0.2) is 0 Å². The molecule has 2 aliphatic rings. The van der Waals surface area contributed by atoms with Gasteiger partial charge in [-0.3, -0.25) is 0 Å². The molecular formula is C64H50N2. The van der Waals surface area contributed by atoms with Gasteiger partial charge in [-0.05, 0) is 147 Å². The summed E-state index contributed by atoms with van der Waals surface area (Å²) in [4.78, 5) is 4.93. The Morgan fingerprint density at radius 1 is 0.288 bits per heavy atom. The average Bonchev–Trinajstić information content (AvgIpc) is 3.65. The van der Waals surface area contributed by atoms with E-state index in [9.17, 15) is 0 Å². The Balaban J connectivity index is 0.971. The summed E-state index contributed by atoms with van der Waals surface area (Å²) in [6.07, 6.45) is 6.00. The molecule has 10 aromatic carbocycles. The number of hydrogen-bond donors (Lipinski definition) is 0. The summed E-state index contributed by atoms with van der Waals surface area (Å²) in [7, 11) is 0. The molecule has 0 radical (unpaired) electrons. The number of fused-ring (bicyclic) bond motifs is 6. The molecule has 316 valence electrons. The van der Waals surface area contributed by atoms with Crippen LogP contribution in [0.4, 0.5) is 34.1 Å². The van der Waals surface area contributed by atoms with Crippen LogP contribution >= 0.6 is 0 Å². The Morgan fingerprint density at radius 3 is 1.32 bits per heavy atom. The first kappa shape index (κ1) is 39.6. The third-order valence-electron chi connectivity index (χ3n) is 14.2. The minimum absolute atomic E-state index is 0.0769. The minimum Gasteiger partial charge on any atom is -0.310 e. The van der Waals surface area contributed by atoms with Gasteiger partial charge >= 0.3 is 0 Å². The van der Waals surface area contributed by atoms with E-state index in [0.29, 0.717) is 0 Å². The van der Waals surface area contributed by atoms with Gasteiger partial charge in [-0.15, -0.1) is 0 Å². The first-order chi connectivity index (χ1) is 32.7. The lowest BCUT2D eigenvalue weighted by Crippen LogP contribution is -2.28. The molecule has 12 rings (SSSR count). The maximum absolute atomic E-state index is 2.54. The van der Waals surface area contributed by atoms with Crippen LogP contribution in [0.2, 0.25) is 0 Å². The number of anilines is 6. The molecule has 2 nitrogen and oxygen atoms in total. The van der Waals surface area contributed by atoms with Crippen molar-refractivity contribution in [3.63, 3.8) is 0 Å². The molecule has 2 heteroatoms. The van der Waals surface area contributed by atoms with Crippen LogP contribution in [0.1, 0.15) is 43.2 Å². The lowest BCUT2D eigenvalue weighted by atomic mass is 9.67. The zero-order valence-electron chi connectivity index (χ0n) is 37.0. The molecule has 0 unspecified atom stereocenters. The predicted molar refractivity (Wildman–Crippen MR) is 279 cm³/mol. The molecule has 0 aliphatic heterocycles. The molecule has 66 heavy (non-hydrogen) atoms. The minimum atomic E-state index is -0.0769. The van der Waals surface area contributed by atoms with Gasteiger partial charge in [0.25, 0.3) is 0 Å². The third-order valence-corrected chi connectivity index (χ3v) is 14.2. The standard InChI is InChI=1S/C64H50N2/c1-5-17-46(18-6-1)48-29-33-54(34-30-48)65(55-35-31-49(32-36-55)52-24-15-23-51(43-52)47-19-7-2-8-20-47)56-37-39-59-60-40-38-57(45-62(60)64(61(59)44-56)41-13-4-14-42-64)66(53-25-9-3-10-26-53)63-28-16-22-50-21-11-12-27-58(50)63/h1-3,5-12,15-40,43-45H,4,13-14,41-42H2. The van der Waals surface area contributed by atoms with Gasteiger partial charge in [0.2, 0.25) is 0 Å². The number of nitrogens with zero attached hydrogens (tertiary/aromatic N) is 2. The Labute approximate surface area is 388 Å². The summed E-state index contributed by atoms with van der Waals surface area (Å²) < 4.78 is 0. The van der Waals surface area contributed by atoms with Gasteiger partial charge in [-0.25, -0.2) is 0 Å². The molecule has 0 atom stereocenters. The molecular weight excluding hydrogens is 797 g/mol. The predicted octanol–water partition coefficient (Wildman–Crippen LogP) is 18.0. The fraction of sp³-hybridized carbons (Fsp3) is 0.0938. The summed E-state index contributed by atoms with van der Waals surface area (Å²) >= 11 is 0. The van der Waals surface area contributed by atoms with Crippen molar-refractivity contribution in [1.29, 1.82) is 0 Å². The van der Waals surface area contributed by atoms with Crippen molar-refractivity contribution < 1.29 is 0 Å². The fourth-order valence-corrected chi connectivity index (χ4v) is 11.0. The van der Waals surface area contributed by atoms with Crippen LogP contribution in [0.25, 0.3) is 55.3 Å². The smallest absolute Gasteiger partial charge is 0.0540 e. The van der Waals surface area contributed by atoms with E-state index in [1.54, 1.807) is 0 Å². The zero-order valence-corrected chi connectivity index (χ0v) is 37.0.